The Morgan fingerprint density at radius 3 is 2.67 bits per heavy atom. The second-order valence-corrected chi connectivity index (χ2v) is 5.79. The molecule has 0 aromatic carbocycles. The maximum absolute atomic E-state index is 6.24. The van der Waals surface area contributed by atoms with Crippen LogP contribution in [0.15, 0.2) is 0 Å². The maximum atomic E-state index is 6.24. The number of aryl methyl sites for hydroxylation is 1. The van der Waals surface area contributed by atoms with Crippen molar-refractivity contribution in [1.82, 2.24) is 9.97 Å². The van der Waals surface area contributed by atoms with Crippen LogP contribution in [0.2, 0.25) is 5.15 Å². The van der Waals surface area contributed by atoms with Gasteiger partial charge in [-0.1, -0.05) is 44.7 Å². The Balaban J connectivity index is 2.24. The van der Waals surface area contributed by atoms with Gasteiger partial charge in [0, 0.05) is 17.2 Å². The van der Waals surface area contributed by atoms with Gasteiger partial charge in [-0.3, -0.25) is 0 Å². The van der Waals surface area contributed by atoms with Gasteiger partial charge in [0.1, 0.15) is 11.0 Å². The van der Waals surface area contributed by atoms with Crippen LogP contribution in [0.5, 0.6) is 0 Å². The second-order valence-electron chi connectivity index (χ2n) is 5.44. The molecule has 0 bridgehead atoms. The summed E-state index contributed by atoms with van der Waals surface area (Å²) in [6, 6.07) is 0. The summed E-state index contributed by atoms with van der Waals surface area (Å²) in [5.41, 5.74) is 2.16. The monoisotopic (exact) mass is 266 g/mol. The van der Waals surface area contributed by atoms with Crippen LogP contribution in [0.4, 0.5) is 0 Å². The molecule has 0 spiro atoms. The van der Waals surface area contributed by atoms with E-state index < -0.39 is 0 Å². The molecule has 18 heavy (non-hydrogen) atoms. The van der Waals surface area contributed by atoms with E-state index >= 15 is 0 Å². The highest BCUT2D eigenvalue weighted by atomic mass is 35.5. The number of hydrogen-bond donors (Lipinski definition) is 0. The highest BCUT2D eigenvalue weighted by molar-refractivity contribution is 6.30. The minimum absolute atomic E-state index is 0.520. The predicted octanol–water partition coefficient (Wildman–Crippen LogP) is 4.68. The molecule has 2 nitrogen and oxygen atoms in total. The fourth-order valence-corrected chi connectivity index (χ4v) is 3.17. The molecule has 0 N–H and O–H groups in total. The molecule has 3 heteroatoms. The van der Waals surface area contributed by atoms with Crippen LogP contribution in [0.3, 0.4) is 0 Å². The fraction of sp³-hybridized carbons (Fsp3) is 0.733. The molecule has 1 aliphatic carbocycles. The van der Waals surface area contributed by atoms with E-state index in [4.69, 9.17) is 16.6 Å². The number of halogens is 1. The van der Waals surface area contributed by atoms with Crippen molar-refractivity contribution in [2.75, 3.05) is 0 Å². The Labute approximate surface area is 115 Å². The Bertz CT molecular complexity index is 417. The molecule has 2 atom stereocenters. The molecular weight excluding hydrogens is 244 g/mol. The van der Waals surface area contributed by atoms with Crippen LogP contribution >= 0.6 is 11.6 Å². The lowest BCUT2D eigenvalue weighted by molar-refractivity contribution is 0.307. The summed E-state index contributed by atoms with van der Waals surface area (Å²) in [6.45, 7) is 6.43. The van der Waals surface area contributed by atoms with E-state index in [9.17, 15) is 0 Å². The van der Waals surface area contributed by atoms with Crippen molar-refractivity contribution in [3.05, 3.63) is 22.2 Å². The molecule has 2 unspecified atom stereocenters. The lowest BCUT2D eigenvalue weighted by Gasteiger charge is -2.27. The maximum Gasteiger partial charge on any atom is 0.135 e. The standard InChI is InChI=1S/C15H23ClN2/c1-4-11-7-6-8-12(9-11)15-17-13(5-2)10(3)14(16)18-15/h11-12H,4-9H2,1-3H3. The fourth-order valence-electron chi connectivity index (χ4n) is 2.97. The quantitative estimate of drug-likeness (QED) is 0.742. The van der Waals surface area contributed by atoms with Crippen LogP contribution in [-0.4, -0.2) is 9.97 Å². The van der Waals surface area contributed by atoms with Crippen molar-refractivity contribution in [2.45, 2.75) is 65.2 Å². The molecule has 100 valence electrons. The summed E-state index contributed by atoms with van der Waals surface area (Å²) in [5.74, 6) is 2.35. The topological polar surface area (TPSA) is 25.8 Å². The summed E-state index contributed by atoms with van der Waals surface area (Å²) in [4.78, 5) is 9.28. The van der Waals surface area contributed by atoms with E-state index in [1.807, 2.05) is 6.92 Å². The van der Waals surface area contributed by atoms with Crippen LogP contribution in [0.25, 0.3) is 0 Å². The number of nitrogens with zero attached hydrogens (tertiary/aromatic N) is 2. The molecular formula is C15H23ClN2. The van der Waals surface area contributed by atoms with E-state index in [1.54, 1.807) is 0 Å². The first-order valence-electron chi connectivity index (χ1n) is 7.18. The highest BCUT2D eigenvalue weighted by Gasteiger charge is 2.25. The zero-order valence-corrected chi connectivity index (χ0v) is 12.4. The minimum atomic E-state index is 0.520. The molecule has 1 aliphatic rings. The highest BCUT2D eigenvalue weighted by Crippen LogP contribution is 2.36. The Hall–Kier alpha value is -0.630. The van der Waals surface area contributed by atoms with Crippen LogP contribution in [0, 0.1) is 12.8 Å². The summed E-state index contributed by atoms with van der Waals surface area (Å²) in [7, 11) is 0. The summed E-state index contributed by atoms with van der Waals surface area (Å²) < 4.78 is 0. The molecule has 1 aromatic heterocycles. The third kappa shape index (κ3) is 2.85. The van der Waals surface area contributed by atoms with Crippen molar-refractivity contribution in [1.29, 1.82) is 0 Å². The molecule has 1 heterocycles. The lowest BCUT2D eigenvalue weighted by Crippen LogP contribution is -2.17. The smallest absolute Gasteiger partial charge is 0.135 e. The van der Waals surface area contributed by atoms with Gasteiger partial charge in [-0.25, -0.2) is 9.97 Å². The van der Waals surface area contributed by atoms with Crippen LogP contribution in [0.1, 0.15) is 69.0 Å². The van der Waals surface area contributed by atoms with Crippen molar-refractivity contribution in [2.24, 2.45) is 5.92 Å². The normalized spacial score (nSPS) is 24.2. The van der Waals surface area contributed by atoms with Crippen molar-refractivity contribution in [3.8, 4) is 0 Å². The molecule has 2 rings (SSSR count). The SMILES string of the molecule is CCc1nc(C2CCCC(CC)C2)nc(Cl)c1C. The first-order valence-corrected chi connectivity index (χ1v) is 7.56. The second kappa shape index (κ2) is 6.01. The Morgan fingerprint density at radius 2 is 2.00 bits per heavy atom. The third-order valence-corrected chi connectivity index (χ3v) is 4.63. The average Bonchev–Trinajstić information content (AvgIpc) is 2.41. The first kappa shape index (κ1) is 13.8. The van der Waals surface area contributed by atoms with Gasteiger partial charge in [0.15, 0.2) is 0 Å². The molecule has 1 fully saturated rings. The van der Waals surface area contributed by atoms with Gasteiger partial charge >= 0.3 is 0 Å². The van der Waals surface area contributed by atoms with Gasteiger partial charge in [-0.05, 0) is 32.1 Å². The third-order valence-electron chi connectivity index (χ3n) is 4.26. The number of aromatic nitrogens is 2. The van der Waals surface area contributed by atoms with Crippen molar-refractivity contribution < 1.29 is 0 Å². The van der Waals surface area contributed by atoms with E-state index in [2.05, 4.69) is 18.8 Å². The molecule has 1 aromatic rings. The molecule has 0 aliphatic heterocycles. The van der Waals surface area contributed by atoms with Gasteiger partial charge in [0.2, 0.25) is 0 Å². The summed E-state index contributed by atoms with van der Waals surface area (Å²) in [5, 5.41) is 0.649. The van der Waals surface area contributed by atoms with E-state index in [0.717, 1.165) is 29.4 Å². The van der Waals surface area contributed by atoms with Gasteiger partial charge in [0.25, 0.3) is 0 Å². The number of rotatable bonds is 3. The van der Waals surface area contributed by atoms with E-state index in [-0.39, 0.29) is 0 Å². The molecule has 1 saturated carbocycles. The molecule has 0 amide bonds. The predicted molar refractivity (Wildman–Crippen MR) is 76.1 cm³/mol. The zero-order chi connectivity index (χ0) is 13.1. The zero-order valence-electron chi connectivity index (χ0n) is 11.7. The van der Waals surface area contributed by atoms with Crippen LogP contribution < -0.4 is 0 Å². The number of hydrogen-bond acceptors (Lipinski definition) is 2. The van der Waals surface area contributed by atoms with Gasteiger partial charge in [-0.15, -0.1) is 0 Å². The van der Waals surface area contributed by atoms with Gasteiger partial charge < -0.3 is 0 Å². The van der Waals surface area contributed by atoms with Gasteiger partial charge in [-0.2, -0.15) is 0 Å². The molecule has 0 saturated heterocycles. The average molecular weight is 267 g/mol. The largest absolute Gasteiger partial charge is 0.237 e. The van der Waals surface area contributed by atoms with Gasteiger partial charge in [0.05, 0.1) is 0 Å². The summed E-state index contributed by atoms with van der Waals surface area (Å²) >= 11 is 6.24. The van der Waals surface area contributed by atoms with Crippen molar-refractivity contribution in [3.63, 3.8) is 0 Å². The summed E-state index contributed by atoms with van der Waals surface area (Å²) in [6.07, 6.45) is 7.34. The van der Waals surface area contributed by atoms with E-state index in [0.29, 0.717) is 11.1 Å². The minimum Gasteiger partial charge on any atom is -0.237 e. The van der Waals surface area contributed by atoms with Crippen molar-refractivity contribution >= 4 is 11.6 Å². The molecule has 0 radical (unpaired) electrons. The Morgan fingerprint density at radius 1 is 1.22 bits per heavy atom. The first-order chi connectivity index (χ1) is 8.65. The lowest BCUT2D eigenvalue weighted by atomic mass is 9.80. The van der Waals surface area contributed by atoms with E-state index in [1.165, 1.54) is 32.1 Å². The Kier molecular flexibility index (Phi) is 4.60. The van der Waals surface area contributed by atoms with Crippen LogP contribution in [-0.2, 0) is 6.42 Å².